The topological polar surface area (TPSA) is 62.0 Å². The Kier molecular flexibility index (Phi) is 4.42. The molecule has 0 atom stereocenters. The summed E-state index contributed by atoms with van der Waals surface area (Å²) in [6.07, 6.45) is 0. The average Bonchev–Trinajstić information content (AvgIpc) is 2.46. The van der Waals surface area contributed by atoms with Crippen LogP contribution in [0.3, 0.4) is 0 Å². The first kappa shape index (κ1) is 14.8. The normalized spacial score (nSPS) is 11.2. The lowest BCUT2D eigenvalue weighted by molar-refractivity contribution is 0.0697. The van der Waals surface area contributed by atoms with Crippen molar-refractivity contribution in [1.82, 2.24) is 0 Å². The van der Waals surface area contributed by atoms with Gasteiger partial charge < -0.3 is 5.11 Å². The lowest BCUT2D eigenvalue weighted by Crippen LogP contribution is -1.94. The molecule has 2 aromatic rings. The molecule has 0 saturated carbocycles. The van der Waals surface area contributed by atoms with E-state index >= 15 is 0 Å². The number of rotatable bonds is 4. The predicted molar refractivity (Wildman–Crippen MR) is 78.1 cm³/mol. The third-order valence-electron chi connectivity index (χ3n) is 3.00. The Hall–Kier alpha value is -2.56. The van der Waals surface area contributed by atoms with Gasteiger partial charge in [0.1, 0.15) is 5.69 Å². The third kappa shape index (κ3) is 3.72. The monoisotopic (exact) mass is 286 g/mol. The first-order chi connectivity index (χ1) is 9.97. The van der Waals surface area contributed by atoms with E-state index in [1.807, 2.05) is 13.8 Å². The van der Waals surface area contributed by atoms with E-state index in [9.17, 15) is 9.18 Å². The first-order valence-electron chi connectivity index (χ1n) is 6.52. The Morgan fingerprint density at radius 1 is 1.14 bits per heavy atom. The summed E-state index contributed by atoms with van der Waals surface area (Å²) >= 11 is 0. The third-order valence-corrected chi connectivity index (χ3v) is 3.00. The van der Waals surface area contributed by atoms with Crippen LogP contribution in [-0.4, -0.2) is 11.1 Å². The molecule has 4 nitrogen and oxygen atoms in total. The Morgan fingerprint density at radius 2 is 1.90 bits per heavy atom. The molecule has 0 heterocycles. The molecule has 0 radical (unpaired) electrons. The Labute approximate surface area is 122 Å². The standard InChI is InChI=1S/C16H15FN2O2/c1-10(2)11-6-7-14(17)15(9-11)19-18-13-5-3-4-12(8-13)16(20)21/h3-10H,1-2H3,(H,20,21). The Morgan fingerprint density at radius 3 is 2.57 bits per heavy atom. The molecule has 108 valence electrons. The number of nitrogens with zero attached hydrogens (tertiary/aromatic N) is 2. The fourth-order valence-corrected chi connectivity index (χ4v) is 1.78. The fraction of sp³-hybridized carbons (Fsp3) is 0.188. The summed E-state index contributed by atoms with van der Waals surface area (Å²) in [5.74, 6) is -1.24. The molecule has 21 heavy (non-hydrogen) atoms. The smallest absolute Gasteiger partial charge is 0.335 e. The second-order valence-electron chi connectivity index (χ2n) is 4.92. The van der Waals surface area contributed by atoms with Gasteiger partial charge in [0.2, 0.25) is 0 Å². The summed E-state index contributed by atoms with van der Waals surface area (Å²) in [5.41, 5.74) is 1.58. The van der Waals surface area contributed by atoms with Crippen molar-refractivity contribution in [2.75, 3.05) is 0 Å². The Balaban J connectivity index is 2.31. The highest BCUT2D eigenvalue weighted by atomic mass is 19.1. The number of carboxylic acids is 1. The number of halogens is 1. The maximum absolute atomic E-state index is 13.7. The zero-order chi connectivity index (χ0) is 15.4. The van der Waals surface area contributed by atoms with Crippen LogP contribution in [0.1, 0.15) is 35.7 Å². The Bertz CT molecular complexity index is 696. The zero-order valence-electron chi connectivity index (χ0n) is 11.7. The van der Waals surface area contributed by atoms with Crippen LogP contribution in [0.4, 0.5) is 15.8 Å². The van der Waals surface area contributed by atoms with Gasteiger partial charge in [0, 0.05) is 0 Å². The van der Waals surface area contributed by atoms with Gasteiger partial charge in [-0.25, -0.2) is 9.18 Å². The second-order valence-corrected chi connectivity index (χ2v) is 4.92. The van der Waals surface area contributed by atoms with Crippen LogP contribution in [0.15, 0.2) is 52.7 Å². The molecule has 0 aliphatic carbocycles. The molecule has 0 spiro atoms. The van der Waals surface area contributed by atoms with Crippen molar-refractivity contribution in [2.24, 2.45) is 10.2 Å². The van der Waals surface area contributed by atoms with Gasteiger partial charge in [-0.3, -0.25) is 0 Å². The van der Waals surface area contributed by atoms with Crippen LogP contribution in [0, 0.1) is 5.82 Å². The van der Waals surface area contributed by atoms with E-state index < -0.39 is 11.8 Å². The lowest BCUT2D eigenvalue weighted by atomic mass is 10.0. The highest BCUT2D eigenvalue weighted by Crippen LogP contribution is 2.26. The van der Waals surface area contributed by atoms with Crippen LogP contribution >= 0.6 is 0 Å². The SMILES string of the molecule is CC(C)c1ccc(F)c(N=Nc2cccc(C(=O)O)c2)c1. The highest BCUT2D eigenvalue weighted by molar-refractivity contribution is 5.88. The van der Waals surface area contributed by atoms with Crippen molar-refractivity contribution >= 4 is 17.3 Å². The van der Waals surface area contributed by atoms with E-state index in [4.69, 9.17) is 5.11 Å². The molecule has 0 unspecified atom stereocenters. The van der Waals surface area contributed by atoms with E-state index in [2.05, 4.69) is 10.2 Å². The largest absolute Gasteiger partial charge is 0.478 e. The number of azo groups is 1. The fourth-order valence-electron chi connectivity index (χ4n) is 1.78. The van der Waals surface area contributed by atoms with Gasteiger partial charge in [0.25, 0.3) is 0 Å². The summed E-state index contributed by atoms with van der Waals surface area (Å²) in [4.78, 5) is 10.9. The molecule has 0 aliphatic rings. The zero-order valence-corrected chi connectivity index (χ0v) is 11.7. The summed E-state index contributed by atoms with van der Waals surface area (Å²) in [6, 6.07) is 10.7. The van der Waals surface area contributed by atoms with Crippen LogP contribution < -0.4 is 0 Å². The minimum Gasteiger partial charge on any atom is -0.478 e. The van der Waals surface area contributed by atoms with Crippen molar-refractivity contribution in [1.29, 1.82) is 0 Å². The minimum atomic E-state index is -1.04. The second kappa shape index (κ2) is 6.26. The van der Waals surface area contributed by atoms with E-state index in [1.54, 1.807) is 24.3 Å². The van der Waals surface area contributed by atoms with Gasteiger partial charge in [-0.15, -0.1) is 5.11 Å². The first-order valence-corrected chi connectivity index (χ1v) is 6.52. The molecule has 0 amide bonds. The van der Waals surface area contributed by atoms with Gasteiger partial charge in [-0.2, -0.15) is 5.11 Å². The van der Waals surface area contributed by atoms with Gasteiger partial charge in [-0.1, -0.05) is 26.0 Å². The van der Waals surface area contributed by atoms with E-state index in [1.165, 1.54) is 18.2 Å². The van der Waals surface area contributed by atoms with E-state index in [0.29, 0.717) is 5.69 Å². The van der Waals surface area contributed by atoms with Crippen LogP contribution in [0.25, 0.3) is 0 Å². The molecule has 0 fully saturated rings. The van der Waals surface area contributed by atoms with Gasteiger partial charge >= 0.3 is 5.97 Å². The molecule has 0 bridgehead atoms. The van der Waals surface area contributed by atoms with E-state index in [0.717, 1.165) is 5.56 Å². The summed E-state index contributed by atoms with van der Waals surface area (Å²) in [5, 5.41) is 16.7. The molecule has 2 aromatic carbocycles. The number of hydrogen-bond donors (Lipinski definition) is 1. The number of benzene rings is 2. The molecular formula is C16H15FN2O2. The molecule has 0 aliphatic heterocycles. The van der Waals surface area contributed by atoms with Gasteiger partial charge in [-0.05, 0) is 41.8 Å². The maximum Gasteiger partial charge on any atom is 0.335 e. The van der Waals surface area contributed by atoms with Crippen LogP contribution in [0.2, 0.25) is 0 Å². The summed E-state index contributed by atoms with van der Waals surface area (Å²) in [6.45, 7) is 4.01. The van der Waals surface area contributed by atoms with Gasteiger partial charge in [0.05, 0.1) is 11.3 Å². The van der Waals surface area contributed by atoms with Crippen molar-refractivity contribution < 1.29 is 14.3 Å². The number of aromatic carboxylic acids is 1. The van der Waals surface area contributed by atoms with Crippen LogP contribution in [-0.2, 0) is 0 Å². The average molecular weight is 286 g/mol. The summed E-state index contributed by atoms with van der Waals surface area (Å²) in [7, 11) is 0. The van der Waals surface area contributed by atoms with E-state index in [-0.39, 0.29) is 17.2 Å². The van der Waals surface area contributed by atoms with Gasteiger partial charge in [0.15, 0.2) is 5.82 Å². The predicted octanol–water partition coefficient (Wildman–Crippen LogP) is 5.06. The van der Waals surface area contributed by atoms with Crippen molar-refractivity contribution in [3.8, 4) is 0 Å². The van der Waals surface area contributed by atoms with Crippen molar-refractivity contribution in [3.05, 3.63) is 59.4 Å². The number of carbonyl (C=O) groups is 1. The molecule has 0 aromatic heterocycles. The highest BCUT2D eigenvalue weighted by Gasteiger charge is 2.06. The lowest BCUT2D eigenvalue weighted by Gasteiger charge is -2.05. The van der Waals surface area contributed by atoms with Crippen molar-refractivity contribution in [3.63, 3.8) is 0 Å². The maximum atomic E-state index is 13.7. The van der Waals surface area contributed by atoms with Crippen LogP contribution in [0.5, 0.6) is 0 Å². The molecule has 2 rings (SSSR count). The minimum absolute atomic E-state index is 0.114. The molecule has 5 heteroatoms. The number of carboxylic acid groups (broad SMARTS) is 1. The van der Waals surface area contributed by atoms with Crippen molar-refractivity contribution in [2.45, 2.75) is 19.8 Å². The molecule has 1 N–H and O–H groups in total. The molecular weight excluding hydrogens is 271 g/mol. The molecule has 0 saturated heterocycles. The summed E-state index contributed by atoms with van der Waals surface area (Å²) < 4.78 is 13.7. The quantitative estimate of drug-likeness (QED) is 0.798. The number of hydrogen-bond acceptors (Lipinski definition) is 3.